The van der Waals surface area contributed by atoms with Crippen LogP contribution in [0, 0.1) is 0 Å². The molecule has 3 aliphatic heterocycles. The number of carbonyl (C=O) groups is 4. The Bertz CT molecular complexity index is 1370. The van der Waals surface area contributed by atoms with E-state index in [1.807, 2.05) is 0 Å². The van der Waals surface area contributed by atoms with Gasteiger partial charge in [-0.2, -0.15) is 4.99 Å². The first-order valence-electron chi connectivity index (χ1n) is 10.2. The summed E-state index contributed by atoms with van der Waals surface area (Å²) in [4.78, 5) is 56.9. The van der Waals surface area contributed by atoms with Crippen LogP contribution in [-0.2, 0) is 14.4 Å². The molecule has 0 atom stereocenters. The van der Waals surface area contributed by atoms with E-state index in [1.165, 1.54) is 24.0 Å². The third-order valence-electron chi connectivity index (χ3n) is 5.33. The minimum atomic E-state index is -0.908. The van der Waals surface area contributed by atoms with Crippen molar-refractivity contribution in [2.75, 3.05) is 13.8 Å². The monoisotopic (exact) mass is 459 g/mol. The molecule has 0 aliphatic carbocycles. The largest absolute Gasteiger partial charge is 0.454 e. The molecule has 2 aromatic carbocycles. The number of benzene rings is 2. The number of esters is 1. The summed E-state index contributed by atoms with van der Waals surface area (Å²) >= 11 is 0. The lowest BCUT2D eigenvalue weighted by molar-refractivity contribution is -0.130. The number of ether oxygens (including phenoxy) is 3. The summed E-state index contributed by atoms with van der Waals surface area (Å²) in [6.07, 6.45) is 2.64. The van der Waals surface area contributed by atoms with Gasteiger partial charge in [-0.1, -0.05) is 18.2 Å². The maximum atomic E-state index is 13.3. The van der Waals surface area contributed by atoms with Crippen molar-refractivity contribution >= 4 is 35.6 Å². The van der Waals surface area contributed by atoms with Crippen molar-refractivity contribution in [3.63, 3.8) is 0 Å². The standard InChI is InChI=1S/C24H17N3O7/c1-13(28)25-24-26(2)17(9-14-7-8-19-20(10-14)33-12-32-19)22(30)27(24)11-16-21(29)15-5-3-4-6-18(15)34-23(16)31/h3-11H,12H2,1-2H3/b16-11+,17-9-,25-24?. The second kappa shape index (κ2) is 8.00. The van der Waals surface area contributed by atoms with Crippen molar-refractivity contribution in [1.29, 1.82) is 0 Å². The number of hydrogen-bond acceptors (Lipinski definition) is 7. The smallest absolute Gasteiger partial charge is 0.349 e. The molecule has 1 fully saturated rings. The molecule has 1 saturated heterocycles. The highest BCUT2D eigenvalue weighted by Gasteiger charge is 2.39. The molecule has 170 valence electrons. The van der Waals surface area contributed by atoms with Gasteiger partial charge in [0.2, 0.25) is 24.4 Å². The van der Waals surface area contributed by atoms with Gasteiger partial charge in [0.1, 0.15) is 17.0 Å². The number of nitrogens with zero attached hydrogens (tertiary/aromatic N) is 3. The van der Waals surface area contributed by atoms with Gasteiger partial charge in [-0.15, -0.1) is 0 Å². The Labute approximate surface area is 193 Å². The first-order chi connectivity index (χ1) is 16.3. The summed E-state index contributed by atoms with van der Waals surface area (Å²) in [5.74, 6) is -1.46. The van der Waals surface area contributed by atoms with Gasteiger partial charge < -0.3 is 19.1 Å². The minimum absolute atomic E-state index is 0.0588. The molecule has 0 N–H and O–H groups in total. The highest BCUT2D eigenvalue weighted by molar-refractivity contribution is 6.28. The number of rotatable bonds is 2. The molecule has 10 heteroatoms. The maximum absolute atomic E-state index is 13.3. The van der Waals surface area contributed by atoms with E-state index in [-0.39, 0.29) is 35.3 Å². The molecule has 2 amide bonds. The van der Waals surface area contributed by atoms with E-state index < -0.39 is 23.6 Å². The fraction of sp³-hybridized carbons (Fsp3) is 0.125. The number of guanidine groups is 1. The lowest BCUT2D eigenvalue weighted by Crippen LogP contribution is -2.33. The van der Waals surface area contributed by atoms with Gasteiger partial charge >= 0.3 is 5.97 Å². The Kier molecular flexibility index (Phi) is 4.97. The van der Waals surface area contributed by atoms with Crippen molar-refractivity contribution in [3.8, 4) is 17.2 Å². The van der Waals surface area contributed by atoms with Crippen LogP contribution in [0.1, 0.15) is 22.8 Å². The Balaban J connectivity index is 1.56. The molecule has 3 aliphatic rings. The predicted octanol–water partition coefficient (Wildman–Crippen LogP) is 2.12. The van der Waals surface area contributed by atoms with Crippen molar-refractivity contribution in [2.45, 2.75) is 6.92 Å². The summed E-state index contributed by atoms with van der Waals surface area (Å²) < 4.78 is 15.9. The van der Waals surface area contributed by atoms with Gasteiger partial charge in [0, 0.05) is 20.2 Å². The van der Waals surface area contributed by atoms with Crippen LogP contribution in [0.2, 0.25) is 0 Å². The quantitative estimate of drug-likeness (QED) is 0.290. The fourth-order valence-corrected chi connectivity index (χ4v) is 3.71. The van der Waals surface area contributed by atoms with Gasteiger partial charge in [-0.3, -0.25) is 19.3 Å². The molecule has 2 aromatic rings. The van der Waals surface area contributed by atoms with E-state index in [4.69, 9.17) is 14.2 Å². The third kappa shape index (κ3) is 3.51. The normalized spacial score (nSPS) is 20.4. The van der Waals surface area contributed by atoms with Crippen LogP contribution in [0.3, 0.4) is 0 Å². The van der Waals surface area contributed by atoms with Gasteiger partial charge in [0.15, 0.2) is 11.5 Å². The highest BCUT2D eigenvalue weighted by atomic mass is 16.7. The lowest BCUT2D eigenvalue weighted by Gasteiger charge is -2.19. The van der Waals surface area contributed by atoms with Gasteiger partial charge in [-0.25, -0.2) is 4.79 Å². The average molecular weight is 459 g/mol. The summed E-state index contributed by atoms with van der Waals surface area (Å²) in [5, 5.41) is 0. The predicted molar refractivity (Wildman–Crippen MR) is 118 cm³/mol. The first-order valence-corrected chi connectivity index (χ1v) is 10.2. The summed E-state index contributed by atoms with van der Waals surface area (Å²) in [7, 11) is 1.55. The zero-order chi connectivity index (χ0) is 24.0. The third-order valence-corrected chi connectivity index (χ3v) is 5.33. The van der Waals surface area contributed by atoms with Crippen LogP contribution in [0.25, 0.3) is 6.08 Å². The van der Waals surface area contributed by atoms with Crippen LogP contribution in [0.15, 0.2) is 64.9 Å². The number of ketones is 1. The average Bonchev–Trinajstić information content (AvgIpc) is 3.35. The van der Waals surface area contributed by atoms with Crippen LogP contribution < -0.4 is 14.2 Å². The Morgan fingerprint density at radius 1 is 1.03 bits per heavy atom. The van der Waals surface area contributed by atoms with Gasteiger partial charge in [0.05, 0.1) is 5.56 Å². The number of likely N-dealkylation sites (N-methyl/N-ethyl adjacent to an activating group) is 1. The number of carbonyl (C=O) groups excluding carboxylic acids is 4. The topological polar surface area (TPSA) is 115 Å². The van der Waals surface area contributed by atoms with E-state index >= 15 is 0 Å². The van der Waals surface area contributed by atoms with Crippen LogP contribution in [0.5, 0.6) is 17.2 Å². The van der Waals surface area contributed by atoms with Gasteiger partial charge in [0.25, 0.3) is 5.91 Å². The molecule has 5 rings (SSSR count). The number of aliphatic imine (C=N–C) groups is 1. The van der Waals surface area contributed by atoms with Crippen molar-refractivity contribution in [3.05, 3.63) is 71.1 Å². The lowest BCUT2D eigenvalue weighted by atomic mass is 10.0. The molecule has 0 bridgehead atoms. The molecule has 34 heavy (non-hydrogen) atoms. The molecule has 0 aromatic heterocycles. The van der Waals surface area contributed by atoms with E-state index in [1.54, 1.807) is 43.5 Å². The van der Waals surface area contributed by atoms with E-state index in [0.717, 1.165) is 11.1 Å². The molecule has 0 radical (unpaired) electrons. The molecule has 0 saturated carbocycles. The molecule has 3 heterocycles. The van der Waals surface area contributed by atoms with Crippen molar-refractivity contribution in [2.24, 2.45) is 4.99 Å². The molecule has 10 nitrogen and oxygen atoms in total. The Morgan fingerprint density at radius 2 is 1.79 bits per heavy atom. The maximum Gasteiger partial charge on any atom is 0.349 e. The summed E-state index contributed by atoms with van der Waals surface area (Å²) in [6.45, 7) is 1.34. The van der Waals surface area contributed by atoms with Crippen molar-refractivity contribution < 1.29 is 33.4 Å². The van der Waals surface area contributed by atoms with Crippen LogP contribution in [-0.4, -0.2) is 53.2 Å². The van der Waals surface area contributed by atoms with E-state index in [2.05, 4.69) is 4.99 Å². The number of amides is 2. The second-order valence-corrected chi connectivity index (χ2v) is 7.56. The minimum Gasteiger partial charge on any atom is -0.454 e. The first kappa shape index (κ1) is 21.1. The zero-order valence-electron chi connectivity index (χ0n) is 18.1. The zero-order valence-corrected chi connectivity index (χ0v) is 18.1. The number of para-hydroxylation sites is 1. The molecule has 0 spiro atoms. The Morgan fingerprint density at radius 3 is 2.59 bits per heavy atom. The molecular weight excluding hydrogens is 442 g/mol. The van der Waals surface area contributed by atoms with E-state index in [0.29, 0.717) is 17.1 Å². The van der Waals surface area contributed by atoms with Crippen LogP contribution >= 0.6 is 0 Å². The molecular formula is C24H17N3O7. The Hall–Kier alpha value is -4.73. The van der Waals surface area contributed by atoms with Gasteiger partial charge in [-0.05, 0) is 35.9 Å². The van der Waals surface area contributed by atoms with Crippen molar-refractivity contribution in [1.82, 2.24) is 9.80 Å². The number of fused-ring (bicyclic) bond motifs is 2. The van der Waals surface area contributed by atoms with E-state index in [9.17, 15) is 19.2 Å². The number of Topliss-reactive ketones (excluding diaryl/α,β-unsaturated/α-hetero) is 1. The molecule has 0 unspecified atom stereocenters. The number of hydrogen-bond donors (Lipinski definition) is 0. The second-order valence-electron chi connectivity index (χ2n) is 7.56. The summed E-state index contributed by atoms with van der Waals surface area (Å²) in [5.41, 5.74) is 0.626. The summed E-state index contributed by atoms with van der Waals surface area (Å²) in [6, 6.07) is 11.5. The SMILES string of the molecule is CC(=O)N=C1N(/C=C2/C(=O)Oc3ccccc3C2=O)C(=O)/C(=C/c2ccc3c(c2)OCO3)N1C. The fourth-order valence-electron chi connectivity index (χ4n) is 3.71. The van der Waals surface area contributed by atoms with Crippen LogP contribution in [0.4, 0.5) is 0 Å². The highest BCUT2D eigenvalue weighted by Crippen LogP contribution is 2.34.